The molecule has 1 aliphatic heterocycles. The van der Waals surface area contributed by atoms with Gasteiger partial charge in [0.2, 0.25) is 5.91 Å². The second kappa shape index (κ2) is 8.14. The molecule has 2 N–H and O–H groups in total. The van der Waals surface area contributed by atoms with Gasteiger partial charge in [0.1, 0.15) is 0 Å². The molecule has 0 aromatic carbocycles. The average Bonchev–Trinajstić information content (AvgIpc) is 3.29. The zero-order valence-electron chi connectivity index (χ0n) is 14.0. The van der Waals surface area contributed by atoms with Crippen LogP contribution in [0.15, 0.2) is 0 Å². The molecule has 0 spiro atoms. The minimum absolute atomic E-state index is 0.0274. The van der Waals surface area contributed by atoms with Gasteiger partial charge in [-0.3, -0.25) is 9.69 Å². The Bertz CT molecular complexity index is 322. The molecule has 1 unspecified atom stereocenters. The smallest absolute Gasteiger partial charge is 0.237 e. The van der Waals surface area contributed by atoms with Crippen molar-refractivity contribution >= 4 is 5.91 Å². The zero-order chi connectivity index (χ0) is 15.2. The average molecular weight is 295 g/mol. The number of piperidine rings is 1. The summed E-state index contributed by atoms with van der Waals surface area (Å²) in [5, 5.41) is 6.55. The Labute approximate surface area is 130 Å². The summed E-state index contributed by atoms with van der Waals surface area (Å²) in [6.07, 6.45) is 6.12. The van der Waals surface area contributed by atoms with Crippen LogP contribution in [-0.4, -0.2) is 49.1 Å². The highest BCUT2D eigenvalue weighted by atomic mass is 16.2. The van der Waals surface area contributed by atoms with Crippen molar-refractivity contribution in [3.8, 4) is 0 Å². The van der Waals surface area contributed by atoms with E-state index in [0.717, 1.165) is 38.5 Å². The van der Waals surface area contributed by atoms with E-state index in [9.17, 15) is 4.79 Å². The Morgan fingerprint density at radius 2 is 1.86 bits per heavy atom. The van der Waals surface area contributed by atoms with Crippen molar-refractivity contribution in [2.45, 2.75) is 65.0 Å². The lowest BCUT2D eigenvalue weighted by Crippen LogP contribution is -2.49. The molecule has 0 aromatic rings. The Kier molecular flexibility index (Phi) is 6.49. The first-order valence-electron chi connectivity index (χ1n) is 8.82. The number of nitrogens with one attached hydrogen (secondary N) is 2. The Morgan fingerprint density at radius 3 is 2.43 bits per heavy atom. The van der Waals surface area contributed by atoms with Crippen molar-refractivity contribution in [3.63, 3.8) is 0 Å². The van der Waals surface area contributed by atoms with Crippen LogP contribution < -0.4 is 10.6 Å². The van der Waals surface area contributed by atoms with Gasteiger partial charge in [-0.05, 0) is 64.0 Å². The molecule has 4 nitrogen and oxygen atoms in total. The van der Waals surface area contributed by atoms with Crippen LogP contribution in [0.2, 0.25) is 0 Å². The molecule has 2 fully saturated rings. The second-order valence-corrected chi connectivity index (χ2v) is 7.27. The molecule has 1 amide bonds. The largest absolute Gasteiger partial charge is 0.355 e. The Morgan fingerprint density at radius 1 is 1.19 bits per heavy atom. The molecule has 0 aromatic heterocycles. The molecule has 1 heterocycles. The molecule has 122 valence electrons. The summed E-state index contributed by atoms with van der Waals surface area (Å²) in [4.78, 5) is 14.8. The van der Waals surface area contributed by atoms with Crippen molar-refractivity contribution in [3.05, 3.63) is 0 Å². The molecule has 1 aliphatic carbocycles. The van der Waals surface area contributed by atoms with E-state index in [4.69, 9.17) is 0 Å². The summed E-state index contributed by atoms with van der Waals surface area (Å²) in [7, 11) is 0. The fraction of sp³-hybridized carbons (Fsp3) is 0.941. The van der Waals surface area contributed by atoms with Gasteiger partial charge in [0.15, 0.2) is 0 Å². The first-order valence-corrected chi connectivity index (χ1v) is 8.82. The predicted molar refractivity (Wildman–Crippen MR) is 87.2 cm³/mol. The first kappa shape index (κ1) is 16.8. The number of carbonyl (C=O) groups excluding carboxylic acids is 1. The monoisotopic (exact) mass is 295 g/mol. The number of amides is 1. The van der Waals surface area contributed by atoms with Crippen LogP contribution in [0.5, 0.6) is 0 Å². The van der Waals surface area contributed by atoms with Gasteiger partial charge in [-0.15, -0.1) is 0 Å². The lowest BCUT2D eigenvalue weighted by atomic mass is 9.96. The molecule has 0 bridgehead atoms. The van der Waals surface area contributed by atoms with Gasteiger partial charge in [0.25, 0.3) is 0 Å². The van der Waals surface area contributed by atoms with Crippen molar-refractivity contribution in [1.82, 2.24) is 15.5 Å². The Hall–Kier alpha value is -0.610. The van der Waals surface area contributed by atoms with Crippen LogP contribution in [0.25, 0.3) is 0 Å². The number of rotatable bonds is 8. The van der Waals surface area contributed by atoms with Crippen LogP contribution in [0.1, 0.15) is 52.9 Å². The van der Waals surface area contributed by atoms with E-state index in [1.165, 1.54) is 25.7 Å². The van der Waals surface area contributed by atoms with E-state index >= 15 is 0 Å². The van der Waals surface area contributed by atoms with E-state index in [1.807, 2.05) is 0 Å². The van der Waals surface area contributed by atoms with Gasteiger partial charge in [-0.25, -0.2) is 0 Å². The minimum atomic E-state index is 0.0274. The number of hydrogen-bond donors (Lipinski definition) is 2. The molecule has 0 radical (unpaired) electrons. The van der Waals surface area contributed by atoms with Gasteiger partial charge in [0.05, 0.1) is 6.04 Å². The number of hydrogen-bond acceptors (Lipinski definition) is 3. The molecular formula is C17H33N3O. The maximum atomic E-state index is 12.4. The van der Waals surface area contributed by atoms with E-state index in [1.54, 1.807) is 0 Å². The Balaban J connectivity index is 1.80. The quantitative estimate of drug-likeness (QED) is 0.720. The van der Waals surface area contributed by atoms with Crippen molar-refractivity contribution in [2.75, 3.05) is 26.2 Å². The highest BCUT2D eigenvalue weighted by Gasteiger charge is 2.36. The number of carbonyl (C=O) groups is 1. The maximum Gasteiger partial charge on any atom is 0.237 e. The minimum Gasteiger partial charge on any atom is -0.355 e. The topological polar surface area (TPSA) is 44.4 Å². The van der Waals surface area contributed by atoms with Crippen LogP contribution in [0, 0.1) is 11.8 Å². The molecule has 21 heavy (non-hydrogen) atoms. The summed E-state index contributed by atoms with van der Waals surface area (Å²) in [6, 6.07) is 0.685. The summed E-state index contributed by atoms with van der Waals surface area (Å²) < 4.78 is 0. The fourth-order valence-electron chi connectivity index (χ4n) is 3.17. The van der Waals surface area contributed by atoms with Crippen molar-refractivity contribution in [2.24, 2.45) is 11.8 Å². The van der Waals surface area contributed by atoms with E-state index in [0.29, 0.717) is 12.0 Å². The van der Waals surface area contributed by atoms with Gasteiger partial charge in [-0.1, -0.05) is 13.8 Å². The molecule has 4 heteroatoms. The molecule has 1 saturated heterocycles. The summed E-state index contributed by atoms with van der Waals surface area (Å²) in [5.41, 5.74) is 0. The predicted octanol–water partition coefficient (Wildman–Crippen LogP) is 2.00. The molecule has 2 rings (SSSR count). The van der Waals surface area contributed by atoms with E-state index < -0.39 is 0 Å². The van der Waals surface area contributed by atoms with Gasteiger partial charge in [-0.2, -0.15) is 0 Å². The first-order chi connectivity index (χ1) is 10.1. The number of nitrogens with zero attached hydrogens (tertiary/aromatic N) is 1. The summed E-state index contributed by atoms with van der Waals surface area (Å²) in [6.45, 7) is 10.7. The second-order valence-electron chi connectivity index (χ2n) is 7.27. The normalized spacial score (nSPS) is 21.8. The van der Waals surface area contributed by atoms with Gasteiger partial charge < -0.3 is 10.6 Å². The lowest BCUT2D eigenvalue weighted by Gasteiger charge is -2.33. The third-order valence-corrected chi connectivity index (χ3v) is 4.84. The third-order valence-electron chi connectivity index (χ3n) is 4.84. The van der Waals surface area contributed by atoms with Crippen molar-refractivity contribution in [1.29, 1.82) is 0 Å². The van der Waals surface area contributed by atoms with Crippen molar-refractivity contribution < 1.29 is 4.79 Å². The molecular weight excluding hydrogens is 262 g/mol. The molecule has 2 aliphatic rings. The third kappa shape index (κ3) is 5.59. The highest BCUT2D eigenvalue weighted by Crippen LogP contribution is 2.30. The summed E-state index contributed by atoms with van der Waals surface area (Å²) >= 11 is 0. The standard InChI is InChI=1S/C17H33N3O/c1-13(2)6-11-19-17(21)14(3)20(16-4-5-16)12-15-7-9-18-10-8-15/h13-16,18H,4-12H2,1-3H3,(H,19,21). The molecule has 1 saturated carbocycles. The van der Waals surface area contributed by atoms with Crippen LogP contribution >= 0.6 is 0 Å². The van der Waals surface area contributed by atoms with Gasteiger partial charge >= 0.3 is 0 Å². The van der Waals surface area contributed by atoms with Crippen LogP contribution in [0.4, 0.5) is 0 Å². The SMILES string of the molecule is CC(C)CCNC(=O)C(C)N(CC1CCNCC1)C1CC1. The highest BCUT2D eigenvalue weighted by molar-refractivity contribution is 5.81. The summed E-state index contributed by atoms with van der Waals surface area (Å²) in [5.74, 6) is 1.63. The van der Waals surface area contributed by atoms with Crippen LogP contribution in [-0.2, 0) is 4.79 Å². The maximum absolute atomic E-state index is 12.4. The molecule has 1 atom stereocenters. The zero-order valence-corrected chi connectivity index (χ0v) is 14.0. The lowest BCUT2D eigenvalue weighted by molar-refractivity contribution is -0.126. The van der Waals surface area contributed by atoms with E-state index in [2.05, 4.69) is 36.3 Å². The fourth-order valence-corrected chi connectivity index (χ4v) is 3.17. The van der Waals surface area contributed by atoms with E-state index in [-0.39, 0.29) is 11.9 Å². The van der Waals surface area contributed by atoms with Crippen LogP contribution in [0.3, 0.4) is 0 Å². The van der Waals surface area contributed by atoms with Gasteiger partial charge in [0, 0.05) is 19.1 Å².